The maximum absolute atomic E-state index is 13.5. The largest absolute Gasteiger partial charge is 0.481 e. The number of nitrogens with one attached hydrogen (secondary N) is 2. The summed E-state index contributed by atoms with van der Waals surface area (Å²) in [5, 5.41) is 23.5. The second-order valence-corrected chi connectivity index (χ2v) is 8.94. The molecule has 2 heterocycles. The number of rotatable bonds is 9. The molecule has 4 aromatic rings. The summed E-state index contributed by atoms with van der Waals surface area (Å²) in [5.74, 6) is -0.593. The quantitative estimate of drug-likeness (QED) is 0.310. The van der Waals surface area contributed by atoms with Crippen LogP contribution in [0.4, 0.5) is 5.69 Å². The highest BCUT2D eigenvalue weighted by Crippen LogP contribution is 2.29. The molecule has 0 saturated carbocycles. The Morgan fingerprint density at radius 1 is 1.11 bits per heavy atom. The van der Waals surface area contributed by atoms with E-state index in [4.69, 9.17) is 9.52 Å². The lowest BCUT2D eigenvalue weighted by molar-refractivity contribution is -0.137. The first-order valence-corrected chi connectivity index (χ1v) is 12.0. The molecule has 1 atom stereocenters. The Morgan fingerprint density at radius 2 is 1.89 bits per heavy atom. The minimum atomic E-state index is -0.872. The molecule has 10 heteroatoms. The van der Waals surface area contributed by atoms with Crippen LogP contribution in [0.3, 0.4) is 0 Å². The standard InChI is InChI=1S/C27H29N5O5/c1-15-14-32(23-13-19(26(36)28-4)10-11-21(15)23)16(2)25(35)29-22-12-20(27-31-30-17(3)37-27)9-8-18(22)6-5-7-24(33)34/h8-14,16H,5-7H2,1-4H3,(H,28,36)(H,29,35)(H,33,34). The van der Waals surface area contributed by atoms with E-state index in [0.29, 0.717) is 41.4 Å². The van der Waals surface area contributed by atoms with Gasteiger partial charge in [0.25, 0.3) is 5.91 Å². The maximum Gasteiger partial charge on any atom is 0.303 e. The van der Waals surface area contributed by atoms with Crippen LogP contribution in [0.15, 0.2) is 47.0 Å². The van der Waals surface area contributed by atoms with Crippen LogP contribution in [0.1, 0.15) is 53.2 Å². The van der Waals surface area contributed by atoms with Crippen LogP contribution in [0.5, 0.6) is 0 Å². The zero-order chi connectivity index (χ0) is 26.7. The predicted octanol–water partition coefficient (Wildman–Crippen LogP) is 4.27. The molecule has 2 amide bonds. The second-order valence-electron chi connectivity index (χ2n) is 8.94. The third kappa shape index (κ3) is 5.53. The molecule has 2 aromatic carbocycles. The van der Waals surface area contributed by atoms with Gasteiger partial charge in [-0.15, -0.1) is 10.2 Å². The molecular weight excluding hydrogens is 474 g/mol. The Hall–Kier alpha value is -4.47. The molecule has 0 aliphatic rings. The van der Waals surface area contributed by atoms with Gasteiger partial charge in [-0.05, 0) is 62.1 Å². The van der Waals surface area contributed by atoms with E-state index in [0.717, 1.165) is 22.0 Å². The molecule has 3 N–H and O–H groups in total. The predicted molar refractivity (Wildman–Crippen MR) is 138 cm³/mol. The summed E-state index contributed by atoms with van der Waals surface area (Å²) < 4.78 is 7.39. The molecule has 37 heavy (non-hydrogen) atoms. The van der Waals surface area contributed by atoms with E-state index < -0.39 is 12.0 Å². The summed E-state index contributed by atoms with van der Waals surface area (Å²) >= 11 is 0. The first-order valence-electron chi connectivity index (χ1n) is 12.0. The second kappa shape index (κ2) is 10.7. The average molecular weight is 504 g/mol. The lowest BCUT2D eigenvalue weighted by atomic mass is 10.0. The minimum Gasteiger partial charge on any atom is -0.481 e. The van der Waals surface area contributed by atoms with Gasteiger partial charge < -0.3 is 24.7 Å². The smallest absolute Gasteiger partial charge is 0.303 e. The van der Waals surface area contributed by atoms with Gasteiger partial charge in [-0.1, -0.05) is 12.1 Å². The van der Waals surface area contributed by atoms with Crippen molar-refractivity contribution in [2.75, 3.05) is 12.4 Å². The van der Waals surface area contributed by atoms with Crippen molar-refractivity contribution in [3.8, 4) is 11.5 Å². The van der Waals surface area contributed by atoms with Gasteiger partial charge in [-0.2, -0.15) is 0 Å². The molecule has 192 valence electrons. The third-order valence-corrected chi connectivity index (χ3v) is 6.30. The lowest BCUT2D eigenvalue weighted by Gasteiger charge is -2.18. The number of carbonyl (C=O) groups excluding carboxylic acids is 2. The number of anilines is 1. The van der Waals surface area contributed by atoms with Crippen molar-refractivity contribution in [3.05, 3.63) is 65.2 Å². The van der Waals surface area contributed by atoms with Crippen LogP contribution >= 0.6 is 0 Å². The normalized spacial score (nSPS) is 11.9. The summed E-state index contributed by atoms with van der Waals surface area (Å²) in [4.78, 5) is 36.7. The zero-order valence-corrected chi connectivity index (χ0v) is 21.2. The molecule has 0 fully saturated rings. The molecular formula is C27H29N5O5. The Balaban J connectivity index is 1.66. The van der Waals surface area contributed by atoms with Crippen molar-refractivity contribution in [2.24, 2.45) is 0 Å². The SMILES string of the molecule is CNC(=O)c1ccc2c(C)cn(C(C)C(=O)Nc3cc(-c4nnc(C)o4)ccc3CCCC(=O)O)c2c1. The van der Waals surface area contributed by atoms with Crippen molar-refractivity contribution < 1.29 is 23.9 Å². The van der Waals surface area contributed by atoms with Gasteiger partial charge in [0.1, 0.15) is 6.04 Å². The number of carbonyl (C=O) groups is 3. The molecule has 0 radical (unpaired) electrons. The number of hydrogen-bond acceptors (Lipinski definition) is 6. The van der Waals surface area contributed by atoms with E-state index in [2.05, 4.69) is 20.8 Å². The number of aryl methyl sites for hydroxylation is 3. The van der Waals surface area contributed by atoms with E-state index >= 15 is 0 Å². The van der Waals surface area contributed by atoms with Gasteiger partial charge >= 0.3 is 5.97 Å². The van der Waals surface area contributed by atoms with Crippen molar-refractivity contribution in [3.63, 3.8) is 0 Å². The van der Waals surface area contributed by atoms with E-state index in [1.54, 1.807) is 39.1 Å². The first-order chi connectivity index (χ1) is 17.7. The van der Waals surface area contributed by atoms with Crippen LogP contribution in [0.2, 0.25) is 0 Å². The molecule has 2 aromatic heterocycles. The highest BCUT2D eigenvalue weighted by Gasteiger charge is 2.21. The van der Waals surface area contributed by atoms with Crippen molar-refractivity contribution >= 4 is 34.4 Å². The van der Waals surface area contributed by atoms with E-state index in [1.165, 1.54) is 0 Å². The van der Waals surface area contributed by atoms with Crippen LogP contribution in [-0.4, -0.2) is 44.7 Å². The van der Waals surface area contributed by atoms with E-state index in [9.17, 15) is 14.4 Å². The average Bonchev–Trinajstić information content (AvgIpc) is 3.46. The van der Waals surface area contributed by atoms with Crippen LogP contribution in [-0.2, 0) is 16.0 Å². The van der Waals surface area contributed by atoms with Gasteiger partial charge in [0, 0.05) is 54.3 Å². The number of benzene rings is 2. The van der Waals surface area contributed by atoms with Gasteiger partial charge in [-0.25, -0.2) is 0 Å². The molecule has 0 bridgehead atoms. The summed E-state index contributed by atoms with van der Waals surface area (Å²) in [5.41, 5.74) is 4.26. The fourth-order valence-electron chi connectivity index (χ4n) is 4.28. The number of amides is 2. The topological polar surface area (TPSA) is 139 Å². The number of hydrogen-bond donors (Lipinski definition) is 3. The number of carboxylic acids is 1. The number of aliphatic carboxylic acids is 1. The number of carboxylic acid groups (broad SMARTS) is 1. The number of nitrogens with zero attached hydrogens (tertiary/aromatic N) is 3. The molecule has 0 aliphatic heterocycles. The summed E-state index contributed by atoms with van der Waals surface area (Å²) in [7, 11) is 1.57. The zero-order valence-electron chi connectivity index (χ0n) is 21.2. The molecule has 4 rings (SSSR count). The lowest BCUT2D eigenvalue weighted by Crippen LogP contribution is -2.24. The fraction of sp³-hybridized carbons (Fsp3) is 0.296. The van der Waals surface area contributed by atoms with Crippen molar-refractivity contribution in [1.29, 1.82) is 0 Å². The Morgan fingerprint density at radius 3 is 2.57 bits per heavy atom. The number of fused-ring (bicyclic) bond motifs is 1. The minimum absolute atomic E-state index is 0.0245. The molecule has 0 spiro atoms. The van der Waals surface area contributed by atoms with Crippen LogP contribution < -0.4 is 10.6 Å². The maximum atomic E-state index is 13.5. The highest BCUT2D eigenvalue weighted by molar-refractivity contribution is 6.00. The van der Waals surface area contributed by atoms with Crippen molar-refractivity contribution in [1.82, 2.24) is 20.1 Å². The summed E-state index contributed by atoms with van der Waals surface area (Å²) in [6, 6.07) is 10.2. The fourth-order valence-corrected chi connectivity index (χ4v) is 4.28. The van der Waals surface area contributed by atoms with Crippen LogP contribution in [0, 0.1) is 13.8 Å². The Labute approximate surface area is 213 Å². The van der Waals surface area contributed by atoms with Gasteiger partial charge in [0.2, 0.25) is 17.7 Å². The summed E-state index contributed by atoms with van der Waals surface area (Å²) in [6.07, 6.45) is 2.82. The van der Waals surface area contributed by atoms with E-state index in [-0.39, 0.29) is 18.2 Å². The van der Waals surface area contributed by atoms with Crippen LogP contribution in [0.25, 0.3) is 22.4 Å². The monoisotopic (exact) mass is 503 g/mol. The Kier molecular flexibility index (Phi) is 7.37. The van der Waals surface area contributed by atoms with Gasteiger partial charge in [0.05, 0.1) is 0 Å². The molecule has 0 aliphatic carbocycles. The molecule has 1 unspecified atom stereocenters. The van der Waals surface area contributed by atoms with E-state index in [1.807, 2.05) is 35.9 Å². The van der Waals surface area contributed by atoms with Gasteiger partial charge in [0.15, 0.2) is 0 Å². The molecule has 10 nitrogen and oxygen atoms in total. The molecule has 0 saturated heterocycles. The summed E-state index contributed by atoms with van der Waals surface area (Å²) in [6.45, 7) is 5.44. The number of aromatic nitrogens is 3. The Bertz CT molecular complexity index is 1490. The highest BCUT2D eigenvalue weighted by atomic mass is 16.4. The first kappa shape index (κ1) is 25.6. The van der Waals surface area contributed by atoms with Crippen molar-refractivity contribution in [2.45, 2.75) is 46.1 Å². The third-order valence-electron chi connectivity index (χ3n) is 6.30. The van der Waals surface area contributed by atoms with Gasteiger partial charge in [-0.3, -0.25) is 14.4 Å².